The molecule has 0 aliphatic carbocycles. The summed E-state index contributed by atoms with van der Waals surface area (Å²) in [5, 5.41) is 27.6. The van der Waals surface area contributed by atoms with Gasteiger partial charge in [-0.25, -0.2) is 9.07 Å². The summed E-state index contributed by atoms with van der Waals surface area (Å²) in [5.41, 5.74) is 2.89. The third-order valence-electron chi connectivity index (χ3n) is 5.72. The molecule has 212 valence electrons. The fourth-order valence-electron chi connectivity index (χ4n) is 3.86. The van der Waals surface area contributed by atoms with E-state index in [1.165, 1.54) is 17.0 Å². The number of hydrogen-bond acceptors (Lipinski definition) is 9. The van der Waals surface area contributed by atoms with Gasteiger partial charge in [0.15, 0.2) is 0 Å². The molecule has 2 aromatic heterocycles. The lowest BCUT2D eigenvalue weighted by Crippen LogP contribution is -2.11. The highest BCUT2D eigenvalue weighted by atomic mass is 35.5. The molecule has 11 nitrogen and oxygen atoms in total. The molecule has 0 spiro atoms. The number of fused-ring (bicyclic) bond motifs is 1. The molecule has 2 heterocycles. The van der Waals surface area contributed by atoms with Crippen molar-refractivity contribution in [2.75, 3.05) is 37.5 Å². The van der Waals surface area contributed by atoms with Crippen molar-refractivity contribution in [3.63, 3.8) is 0 Å². The van der Waals surface area contributed by atoms with Crippen molar-refractivity contribution in [2.24, 2.45) is 0 Å². The molecule has 0 fully saturated rings. The molecule has 0 aliphatic heterocycles. The van der Waals surface area contributed by atoms with Gasteiger partial charge in [0, 0.05) is 36.0 Å². The van der Waals surface area contributed by atoms with E-state index in [2.05, 4.69) is 37.3 Å². The van der Waals surface area contributed by atoms with Crippen LogP contribution in [0.3, 0.4) is 0 Å². The number of halogens is 2. The summed E-state index contributed by atoms with van der Waals surface area (Å²) in [6.45, 7) is 2.46. The molecule has 0 saturated carbocycles. The van der Waals surface area contributed by atoms with Crippen LogP contribution in [-0.4, -0.2) is 52.8 Å². The molecule has 0 aliphatic rings. The highest BCUT2D eigenvalue weighted by Crippen LogP contribution is 2.37. The third-order valence-corrected chi connectivity index (χ3v) is 6.01. The largest absolute Gasteiger partial charge is 0.492 e. The minimum absolute atomic E-state index is 0.104. The number of aryl methyl sites for hydroxylation is 1. The van der Waals surface area contributed by atoms with Crippen molar-refractivity contribution in [3.05, 3.63) is 71.2 Å². The Bertz CT molecular complexity index is 1600. The maximum atomic E-state index is 12.5. The van der Waals surface area contributed by atoms with E-state index >= 15 is 0 Å². The van der Waals surface area contributed by atoms with Gasteiger partial charge in [0.1, 0.15) is 36.5 Å². The van der Waals surface area contributed by atoms with Crippen molar-refractivity contribution >= 4 is 45.5 Å². The van der Waals surface area contributed by atoms with E-state index in [1.54, 1.807) is 49.7 Å². The Balaban J connectivity index is 1.61. The molecule has 0 radical (unpaired) electrons. The van der Waals surface area contributed by atoms with E-state index in [4.69, 9.17) is 21.1 Å². The molecule has 13 heteroatoms. The first kappa shape index (κ1) is 29.3. The Hall–Kier alpha value is -4.73. The molecule has 41 heavy (non-hydrogen) atoms. The molecule has 0 unspecified atom stereocenters. The van der Waals surface area contributed by atoms with Crippen molar-refractivity contribution in [3.8, 4) is 17.6 Å². The van der Waals surface area contributed by atoms with Crippen LogP contribution in [0.2, 0.25) is 5.02 Å². The van der Waals surface area contributed by atoms with E-state index in [0.29, 0.717) is 68.9 Å². The summed E-state index contributed by atoms with van der Waals surface area (Å²) < 4.78 is 25.4. The summed E-state index contributed by atoms with van der Waals surface area (Å²) in [6, 6.07) is 10.7. The van der Waals surface area contributed by atoms with Gasteiger partial charge in [0.05, 0.1) is 46.8 Å². The molecule has 0 bridgehead atoms. The molecule has 0 atom stereocenters. The van der Waals surface area contributed by atoms with E-state index in [0.717, 1.165) is 0 Å². The van der Waals surface area contributed by atoms with Crippen molar-refractivity contribution in [2.45, 2.75) is 20.1 Å². The summed E-state index contributed by atoms with van der Waals surface area (Å²) >= 11 is 6.49. The average Bonchev–Trinajstić information content (AvgIpc) is 3.41. The second-order valence-corrected chi connectivity index (χ2v) is 9.03. The average molecular weight is 579 g/mol. The van der Waals surface area contributed by atoms with Gasteiger partial charge >= 0.3 is 0 Å². The fourth-order valence-corrected chi connectivity index (χ4v) is 4.10. The Morgan fingerprint density at radius 1 is 1.24 bits per heavy atom. The van der Waals surface area contributed by atoms with Crippen molar-refractivity contribution < 1.29 is 18.7 Å². The number of amides is 1. The molecule has 4 rings (SSSR count). The Kier molecular flexibility index (Phi) is 10.0. The van der Waals surface area contributed by atoms with Crippen LogP contribution in [0.5, 0.6) is 11.5 Å². The first-order chi connectivity index (χ1) is 19.9. The first-order valence-corrected chi connectivity index (χ1v) is 13.1. The summed E-state index contributed by atoms with van der Waals surface area (Å²) in [5.74, 6) is 0.537. The van der Waals surface area contributed by atoms with Crippen molar-refractivity contribution in [1.29, 1.82) is 5.26 Å². The summed E-state index contributed by atoms with van der Waals surface area (Å²) in [7, 11) is 1.78. The predicted molar refractivity (Wildman–Crippen MR) is 154 cm³/mol. The van der Waals surface area contributed by atoms with Crippen LogP contribution >= 0.6 is 11.6 Å². The Labute approximate surface area is 240 Å². The normalized spacial score (nSPS) is 11.0. The number of carbonyl (C=O) groups excluding carboxylic acids is 1. The Morgan fingerprint density at radius 2 is 2.10 bits per heavy atom. The van der Waals surface area contributed by atoms with Crippen LogP contribution in [0.15, 0.2) is 54.9 Å². The molecule has 4 aromatic rings. The minimum atomic E-state index is -0.540. The number of nitrogens with one attached hydrogen (secondary N) is 3. The zero-order valence-electron chi connectivity index (χ0n) is 22.4. The monoisotopic (exact) mass is 578 g/mol. The Morgan fingerprint density at radius 3 is 2.83 bits per heavy atom. The molecule has 1 amide bonds. The lowest BCUT2D eigenvalue weighted by molar-refractivity contribution is -0.111. The second-order valence-electron chi connectivity index (χ2n) is 8.63. The van der Waals surface area contributed by atoms with Crippen LogP contribution in [0.1, 0.15) is 18.2 Å². The lowest BCUT2D eigenvalue weighted by atomic mass is 10.1. The maximum absolute atomic E-state index is 12.5. The zero-order chi connectivity index (χ0) is 29.2. The number of benzene rings is 2. The number of carbonyl (C=O) groups is 1. The van der Waals surface area contributed by atoms with Gasteiger partial charge in [-0.2, -0.15) is 5.26 Å². The van der Waals surface area contributed by atoms with Crippen LogP contribution in [0.4, 0.5) is 21.5 Å². The highest BCUT2D eigenvalue weighted by molar-refractivity contribution is 6.32. The quantitative estimate of drug-likeness (QED) is 0.192. The van der Waals surface area contributed by atoms with Gasteiger partial charge in [-0.3, -0.25) is 9.78 Å². The molecule has 3 N–H and O–H groups in total. The van der Waals surface area contributed by atoms with Gasteiger partial charge in [-0.1, -0.05) is 22.9 Å². The minimum Gasteiger partial charge on any atom is -0.492 e. The number of nitriles is 1. The molecular formula is C28H28ClFN8O3. The van der Waals surface area contributed by atoms with Gasteiger partial charge in [0.2, 0.25) is 5.91 Å². The van der Waals surface area contributed by atoms with Crippen LogP contribution < -0.4 is 25.4 Å². The third kappa shape index (κ3) is 7.47. The van der Waals surface area contributed by atoms with E-state index in [-0.39, 0.29) is 19.1 Å². The number of alkyl halides is 1. The fraction of sp³-hybridized carbons (Fsp3) is 0.250. The summed E-state index contributed by atoms with van der Waals surface area (Å²) in [4.78, 5) is 16.9. The highest BCUT2D eigenvalue weighted by Gasteiger charge is 2.16. The topological polar surface area (TPSA) is 139 Å². The molecular weight excluding hydrogens is 551 g/mol. The zero-order valence-corrected chi connectivity index (χ0v) is 23.2. The SMILES string of the molecule is CCOc1cc2ncc(C#N)c(Nc3ccc(OCc4cn(CCF)nn4)c(Cl)c3)c2cc1NC(=O)C=CCNC. The van der Waals surface area contributed by atoms with E-state index in [9.17, 15) is 14.4 Å². The van der Waals surface area contributed by atoms with Gasteiger partial charge < -0.3 is 25.4 Å². The number of ether oxygens (including phenoxy) is 2. The molecule has 2 aromatic carbocycles. The van der Waals surface area contributed by atoms with Crippen LogP contribution in [0.25, 0.3) is 10.9 Å². The number of rotatable bonds is 13. The van der Waals surface area contributed by atoms with Gasteiger partial charge in [-0.15, -0.1) is 5.10 Å². The lowest BCUT2D eigenvalue weighted by Gasteiger charge is -2.16. The van der Waals surface area contributed by atoms with Crippen LogP contribution in [-0.2, 0) is 17.9 Å². The van der Waals surface area contributed by atoms with Gasteiger partial charge in [-0.05, 0) is 38.2 Å². The second kappa shape index (κ2) is 14.1. The standard InChI is InChI=1S/C28H28ClFN8O3/c1-3-40-26-13-23-21(12-24(26)35-27(39)5-4-9-32-2)28(18(14-31)15-33-23)34-19-6-7-25(22(29)11-19)41-17-20-16-38(10-8-30)37-36-20/h4-7,11-13,15-16,32H,3,8-10,17H2,1-2H3,(H,33,34)(H,35,39). The number of anilines is 3. The number of pyridine rings is 1. The van der Waals surface area contributed by atoms with Crippen LogP contribution in [0, 0.1) is 11.3 Å². The first-order valence-electron chi connectivity index (χ1n) is 12.7. The number of hydrogen-bond donors (Lipinski definition) is 3. The van der Waals surface area contributed by atoms with Crippen molar-refractivity contribution in [1.82, 2.24) is 25.3 Å². The van der Waals surface area contributed by atoms with E-state index < -0.39 is 6.67 Å². The van der Waals surface area contributed by atoms with E-state index in [1.807, 2.05) is 6.92 Å². The predicted octanol–water partition coefficient (Wildman–Crippen LogP) is 4.76. The number of aromatic nitrogens is 4. The summed E-state index contributed by atoms with van der Waals surface area (Å²) in [6.07, 6.45) is 6.20. The maximum Gasteiger partial charge on any atom is 0.248 e. The smallest absolute Gasteiger partial charge is 0.248 e. The molecule has 0 saturated heterocycles. The number of likely N-dealkylation sites (N-methyl/N-ethyl adjacent to an activating group) is 1. The van der Waals surface area contributed by atoms with Gasteiger partial charge in [0.25, 0.3) is 0 Å². The number of nitrogens with zero attached hydrogens (tertiary/aromatic N) is 5.